The highest BCUT2D eigenvalue weighted by Gasteiger charge is 2.27. The average Bonchev–Trinajstić information content (AvgIpc) is 2.55. The van der Waals surface area contributed by atoms with E-state index in [0.29, 0.717) is 6.54 Å². The van der Waals surface area contributed by atoms with Crippen LogP contribution < -0.4 is 14.8 Å². The number of carbonyl (C=O) groups is 1. The molecule has 0 spiro atoms. The highest BCUT2D eigenvalue weighted by Crippen LogP contribution is 2.24. The van der Waals surface area contributed by atoms with E-state index < -0.39 is 16.0 Å². The van der Waals surface area contributed by atoms with Gasteiger partial charge in [-0.15, -0.1) is 0 Å². The summed E-state index contributed by atoms with van der Waals surface area (Å²) in [4.78, 5) is 11.8. The molecule has 7 nitrogen and oxygen atoms in total. The molecule has 128 valence electrons. The van der Waals surface area contributed by atoms with Crippen LogP contribution in [0.2, 0.25) is 0 Å². The first-order chi connectivity index (χ1) is 10.9. The van der Waals surface area contributed by atoms with Crippen LogP contribution in [0.4, 0.5) is 0 Å². The molecular weight excluding hydrogens is 320 g/mol. The molecule has 0 aromatic heterocycles. The van der Waals surface area contributed by atoms with Gasteiger partial charge in [0.25, 0.3) is 0 Å². The molecule has 1 aliphatic heterocycles. The molecule has 1 heterocycles. The Kier molecular flexibility index (Phi) is 5.61. The second kappa shape index (κ2) is 7.29. The number of rotatable bonds is 5. The van der Waals surface area contributed by atoms with Crippen LogP contribution in [0.25, 0.3) is 0 Å². The maximum atomic E-state index is 12.6. The van der Waals surface area contributed by atoms with E-state index in [2.05, 4.69) is 14.8 Å². The van der Waals surface area contributed by atoms with Crippen LogP contribution in [-0.4, -0.2) is 47.7 Å². The van der Waals surface area contributed by atoms with Crippen molar-refractivity contribution in [3.63, 3.8) is 0 Å². The third kappa shape index (κ3) is 4.01. The van der Waals surface area contributed by atoms with E-state index >= 15 is 0 Å². The number of benzene rings is 1. The van der Waals surface area contributed by atoms with E-state index in [4.69, 9.17) is 4.74 Å². The quantitative estimate of drug-likeness (QED) is 0.767. The summed E-state index contributed by atoms with van der Waals surface area (Å²) in [5.41, 5.74) is 0.0766. The molecule has 0 bridgehead atoms. The third-order valence-corrected chi connectivity index (χ3v) is 5.51. The molecule has 2 atom stereocenters. The van der Waals surface area contributed by atoms with E-state index in [0.717, 1.165) is 13.0 Å². The largest absolute Gasteiger partial charge is 0.496 e. The number of sulfonamides is 1. The van der Waals surface area contributed by atoms with Crippen molar-refractivity contribution in [2.75, 3.05) is 27.3 Å². The summed E-state index contributed by atoms with van der Waals surface area (Å²) in [6.07, 6.45) is 0.906. The Morgan fingerprint density at radius 3 is 2.70 bits per heavy atom. The highest BCUT2D eigenvalue weighted by atomic mass is 32.2. The lowest BCUT2D eigenvalue weighted by Crippen LogP contribution is -2.50. The highest BCUT2D eigenvalue weighted by molar-refractivity contribution is 7.89. The molecule has 1 aromatic rings. The van der Waals surface area contributed by atoms with E-state index in [-0.39, 0.29) is 28.2 Å². The zero-order valence-corrected chi connectivity index (χ0v) is 14.3. The first-order valence-electron chi connectivity index (χ1n) is 7.38. The Morgan fingerprint density at radius 1 is 1.35 bits per heavy atom. The minimum absolute atomic E-state index is 0.0106. The fraction of sp³-hybridized carbons (Fsp3) is 0.533. The van der Waals surface area contributed by atoms with Gasteiger partial charge in [-0.2, -0.15) is 0 Å². The Labute approximate surface area is 136 Å². The summed E-state index contributed by atoms with van der Waals surface area (Å²) in [7, 11) is -1.10. The lowest BCUT2D eigenvalue weighted by atomic mass is 9.96. The van der Waals surface area contributed by atoms with Gasteiger partial charge in [-0.3, -0.25) is 0 Å². The van der Waals surface area contributed by atoms with Crippen molar-refractivity contribution in [2.45, 2.75) is 24.3 Å². The SMILES string of the molecule is COC(=O)c1cc(S(=O)(=O)NC2CNCCC2C)ccc1OC. The van der Waals surface area contributed by atoms with Gasteiger partial charge in [0.1, 0.15) is 11.3 Å². The molecule has 0 radical (unpaired) electrons. The number of ether oxygens (including phenoxy) is 2. The summed E-state index contributed by atoms with van der Waals surface area (Å²) in [6, 6.07) is 3.95. The van der Waals surface area contributed by atoms with Crippen LogP contribution in [0.5, 0.6) is 5.75 Å². The van der Waals surface area contributed by atoms with Crippen LogP contribution in [0.15, 0.2) is 23.1 Å². The lowest BCUT2D eigenvalue weighted by molar-refractivity contribution is 0.0597. The van der Waals surface area contributed by atoms with Crippen LogP contribution in [-0.2, 0) is 14.8 Å². The lowest BCUT2D eigenvalue weighted by Gasteiger charge is -2.30. The summed E-state index contributed by atoms with van der Waals surface area (Å²) in [6.45, 7) is 3.48. The monoisotopic (exact) mass is 342 g/mol. The molecule has 2 unspecified atom stereocenters. The molecule has 23 heavy (non-hydrogen) atoms. The van der Waals surface area contributed by atoms with Gasteiger partial charge in [-0.05, 0) is 37.1 Å². The number of piperidine rings is 1. The smallest absolute Gasteiger partial charge is 0.341 e. The second-order valence-electron chi connectivity index (χ2n) is 5.55. The fourth-order valence-corrected chi connectivity index (χ4v) is 3.91. The van der Waals surface area contributed by atoms with Gasteiger partial charge < -0.3 is 14.8 Å². The Balaban J connectivity index is 2.30. The van der Waals surface area contributed by atoms with E-state index in [1.807, 2.05) is 6.92 Å². The second-order valence-corrected chi connectivity index (χ2v) is 7.27. The van der Waals surface area contributed by atoms with Crippen molar-refractivity contribution in [2.24, 2.45) is 5.92 Å². The Hall–Kier alpha value is -1.64. The minimum Gasteiger partial charge on any atom is -0.496 e. The van der Waals surface area contributed by atoms with Gasteiger partial charge in [0, 0.05) is 12.6 Å². The molecular formula is C15H22N2O5S. The first-order valence-corrected chi connectivity index (χ1v) is 8.86. The predicted molar refractivity (Wildman–Crippen MR) is 85.1 cm³/mol. The molecule has 2 rings (SSSR count). The predicted octanol–water partition coefficient (Wildman–Crippen LogP) is 0.758. The average molecular weight is 342 g/mol. The van der Waals surface area contributed by atoms with E-state index in [1.165, 1.54) is 32.4 Å². The fourth-order valence-electron chi connectivity index (χ4n) is 2.54. The van der Waals surface area contributed by atoms with Gasteiger partial charge in [0.2, 0.25) is 10.0 Å². The Bertz CT molecular complexity index is 674. The van der Waals surface area contributed by atoms with Crippen molar-refractivity contribution in [1.29, 1.82) is 0 Å². The van der Waals surface area contributed by atoms with Crippen LogP contribution in [0.1, 0.15) is 23.7 Å². The summed E-state index contributed by atoms with van der Waals surface area (Å²) in [5.74, 6) is -0.139. The topological polar surface area (TPSA) is 93.7 Å². The number of hydrogen-bond donors (Lipinski definition) is 2. The zero-order valence-electron chi connectivity index (χ0n) is 13.5. The molecule has 0 aliphatic carbocycles. The van der Waals surface area contributed by atoms with Crippen LogP contribution in [0, 0.1) is 5.92 Å². The number of nitrogens with one attached hydrogen (secondary N) is 2. The molecule has 0 amide bonds. The summed E-state index contributed by atoms with van der Waals surface area (Å²) < 4.78 is 37.6. The number of hydrogen-bond acceptors (Lipinski definition) is 6. The van der Waals surface area contributed by atoms with Crippen molar-refractivity contribution >= 4 is 16.0 Å². The molecule has 0 saturated carbocycles. The van der Waals surface area contributed by atoms with Gasteiger partial charge >= 0.3 is 5.97 Å². The molecule has 8 heteroatoms. The molecule has 1 aromatic carbocycles. The maximum Gasteiger partial charge on any atom is 0.341 e. The van der Waals surface area contributed by atoms with Gasteiger partial charge in [-0.25, -0.2) is 17.9 Å². The number of carbonyl (C=O) groups excluding carboxylic acids is 1. The van der Waals surface area contributed by atoms with Crippen molar-refractivity contribution in [3.8, 4) is 5.75 Å². The zero-order chi connectivity index (χ0) is 17.0. The van der Waals surface area contributed by atoms with Crippen molar-refractivity contribution in [3.05, 3.63) is 23.8 Å². The summed E-state index contributed by atoms with van der Waals surface area (Å²) >= 11 is 0. The minimum atomic E-state index is -3.74. The molecule has 2 N–H and O–H groups in total. The van der Waals surface area contributed by atoms with Gasteiger partial charge in [0.15, 0.2) is 0 Å². The van der Waals surface area contributed by atoms with Gasteiger partial charge in [-0.1, -0.05) is 6.92 Å². The molecule has 1 aliphatic rings. The molecule has 1 fully saturated rings. The third-order valence-electron chi connectivity index (χ3n) is 4.02. The maximum absolute atomic E-state index is 12.6. The first kappa shape index (κ1) is 17.7. The normalized spacial score (nSPS) is 21.7. The Morgan fingerprint density at radius 2 is 2.09 bits per heavy atom. The van der Waals surface area contributed by atoms with E-state index in [9.17, 15) is 13.2 Å². The van der Waals surface area contributed by atoms with Crippen molar-refractivity contribution in [1.82, 2.24) is 10.0 Å². The van der Waals surface area contributed by atoms with Gasteiger partial charge in [0.05, 0.1) is 19.1 Å². The summed E-state index contributed by atoms with van der Waals surface area (Å²) in [5, 5.41) is 3.18. The van der Waals surface area contributed by atoms with Crippen LogP contribution >= 0.6 is 0 Å². The number of esters is 1. The van der Waals surface area contributed by atoms with Crippen LogP contribution in [0.3, 0.4) is 0 Å². The van der Waals surface area contributed by atoms with E-state index in [1.54, 1.807) is 0 Å². The van der Waals surface area contributed by atoms with Crippen molar-refractivity contribution < 1.29 is 22.7 Å². The standard InChI is InChI=1S/C15H22N2O5S/c1-10-6-7-16-9-13(10)17-23(19,20)11-4-5-14(21-2)12(8-11)15(18)22-3/h4-5,8,10,13,16-17H,6-7,9H2,1-3H3. The molecule has 1 saturated heterocycles. The number of methoxy groups -OCH3 is 2.